The second kappa shape index (κ2) is 6.25. The van der Waals surface area contributed by atoms with Crippen LogP contribution in [0.5, 0.6) is 0 Å². The van der Waals surface area contributed by atoms with Crippen molar-refractivity contribution in [1.29, 1.82) is 0 Å². The number of aldehydes is 1. The van der Waals surface area contributed by atoms with Gasteiger partial charge in [0.25, 0.3) is 0 Å². The maximum absolute atomic E-state index is 10.9. The first kappa shape index (κ1) is 13.5. The Balaban J connectivity index is 2.85. The van der Waals surface area contributed by atoms with Crippen LogP contribution in [0, 0.1) is 0 Å². The number of hydrogen-bond donors (Lipinski definition) is 0. The van der Waals surface area contributed by atoms with Gasteiger partial charge in [0.15, 0.2) is 11.4 Å². The first-order chi connectivity index (χ1) is 7.60. The van der Waals surface area contributed by atoms with E-state index in [2.05, 4.69) is 30.0 Å². The summed E-state index contributed by atoms with van der Waals surface area (Å²) in [7, 11) is 2.02. The number of carbonyl (C=O) groups excluding carboxylic acids is 1. The molecule has 0 saturated heterocycles. The zero-order valence-corrected chi connectivity index (χ0v) is 11.8. The van der Waals surface area contributed by atoms with Crippen LogP contribution in [0.3, 0.4) is 0 Å². The molecule has 0 spiro atoms. The Labute approximate surface area is 105 Å². The highest BCUT2D eigenvalue weighted by atomic mass is 32.2. The molecule has 0 atom stereocenters. The molecule has 90 valence electrons. The van der Waals surface area contributed by atoms with Crippen molar-refractivity contribution in [2.24, 2.45) is 0 Å². The van der Waals surface area contributed by atoms with E-state index in [4.69, 9.17) is 0 Å². The molecule has 1 rings (SSSR count). The fraction of sp³-hybridized carbons (Fsp3) is 0.636. The van der Waals surface area contributed by atoms with Crippen molar-refractivity contribution in [2.75, 3.05) is 30.5 Å². The number of nitrogens with zero attached hydrogens (tertiary/aromatic N) is 2. The van der Waals surface area contributed by atoms with Gasteiger partial charge in [-0.2, -0.15) is 11.8 Å². The summed E-state index contributed by atoms with van der Waals surface area (Å²) < 4.78 is 0. The molecule has 1 heterocycles. The molecule has 1 aromatic heterocycles. The zero-order valence-electron chi connectivity index (χ0n) is 10.2. The zero-order chi connectivity index (χ0) is 12.1. The monoisotopic (exact) mass is 258 g/mol. The van der Waals surface area contributed by atoms with E-state index in [1.165, 1.54) is 11.3 Å². The summed E-state index contributed by atoms with van der Waals surface area (Å²) in [6.45, 7) is 5.09. The summed E-state index contributed by atoms with van der Waals surface area (Å²) in [6.07, 6.45) is 3.00. The van der Waals surface area contributed by atoms with Crippen molar-refractivity contribution in [3.05, 3.63) is 10.6 Å². The number of carbonyl (C=O) groups is 1. The molecule has 16 heavy (non-hydrogen) atoms. The van der Waals surface area contributed by atoms with E-state index in [0.717, 1.165) is 34.3 Å². The normalized spacial score (nSPS) is 10.8. The molecule has 0 saturated carbocycles. The first-order valence-electron chi connectivity index (χ1n) is 5.26. The highest BCUT2D eigenvalue weighted by Crippen LogP contribution is 2.28. The van der Waals surface area contributed by atoms with E-state index in [-0.39, 0.29) is 0 Å². The Bertz CT molecular complexity index is 350. The molecule has 0 aliphatic heterocycles. The van der Waals surface area contributed by atoms with E-state index in [1.54, 1.807) is 0 Å². The molecule has 5 heteroatoms. The van der Waals surface area contributed by atoms with Crippen LogP contribution in [-0.4, -0.2) is 36.9 Å². The van der Waals surface area contributed by atoms with Crippen LogP contribution in [0.2, 0.25) is 0 Å². The van der Waals surface area contributed by atoms with Crippen molar-refractivity contribution in [3.8, 4) is 0 Å². The Hall–Kier alpha value is -0.550. The van der Waals surface area contributed by atoms with Crippen molar-refractivity contribution in [1.82, 2.24) is 4.98 Å². The minimum absolute atomic E-state index is 0.305. The van der Waals surface area contributed by atoms with Crippen LogP contribution in [0.1, 0.15) is 35.1 Å². The minimum atomic E-state index is 0.305. The van der Waals surface area contributed by atoms with Gasteiger partial charge in [0, 0.05) is 19.3 Å². The van der Waals surface area contributed by atoms with Gasteiger partial charge in [-0.3, -0.25) is 4.79 Å². The largest absolute Gasteiger partial charge is 0.350 e. The molecule has 0 bridgehead atoms. The second-order valence-electron chi connectivity index (χ2n) is 3.93. The van der Waals surface area contributed by atoms with Crippen molar-refractivity contribution in [2.45, 2.75) is 19.8 Å². The minimum Gasteiger partial charge on any atom is -0.350 e. The Kier molecular flexibility index (Phi) is 5.28. The molecule has 0 unspecified atom stereocenters. The maximum atomic E-state index is 10.9. The van der Waals surface area contributed by atoms with Crippen molar-refractivity contribution < 1.29 is 4.79 Å². The van der Waals surface area contributed by atoms with E-state index in [1.807, 2.05) is 18.8 Å². The quantitative estimate of drug-likeness (QED) is 0.735. The van der Waals surface area contributed by atoms with Crippen LogP contribution in [0.25, 0.3) is 0 Å². The number of hydrogen-bond acceptors (Lipinski definition) is 5. The summed E-state index contributed by atoms with van der Waals surface area (Å²) in [5, 5.41) is 0.944. The topological polar surface area (TPSA) is 33.2 Å². The molecule has 0 fully saturated rings. The second-order valence-corrected chi connectivity index (χ2v) is 5.93. The lowest BCUT2D eigenvalue weighted by atomic mass is 10.1. The summed E-state index contributed by atoms with van der Waals surface area (Å²) in [4.78, 5) is 18.3. The molecule has 0 aliphatic carbocycles. The molecule has 0 aromatic carbocycles. The van der Waals surface area contributed by atoms with Gasteiger partial charge in [0.05, 0.1) is 10.6 Å². The SMILES string of the molecule is CSCCN(C)c1nc(C(C)C)c(C=O)s1. The number of thioether (sulfide) groups is 1. The molecule has 3 nitrogen and oxygen atoms in total. The van der Waals surface area contributed by atoms with Crippen molar-refractivity contribution >= 4 is 34.5 Å². The van der Waals surface area contributed by atoms with Crippen LogP contribution >= 0.6 is 23.1 Å². The number of aromatic nitrogens is 1. The Morgan fingerprint density at radius 2 is 2.25 bits per heavy atom. The average Bonchev–Trinajstić information content (AvgIpc) is 2.69. The fourth-order valence-electron chi connectivity index (χ4n) is 1.32. The third-order valence-electron chi connectivity index (χ3n) is 2.28. The van der Waals surface area contributed by atoms with Gasteiger partial charge in [-0.15, -0.1) is 0 Å². The highest BCUT2D eigenvalue weighted by molar-refractivity contribution is 7.98. The molecule has 1 aromatic rings. The molecular formula is C11H18N2OS2. The smallest absolute Gasteiger partial charge is 0.185 e. The third-order valence-corrected chi connectivity index (χ3v) is 3.98. The van der Waals surface area contributed by atoms with Gasteiger partial charge in [-0.1, -0.05) is 25.2 Å². The van der Waals surface area contributed by atoms with Gasteiger partial charge in [0.2, 0.25) is 0 Å². The van der Waals surface area contributed by atoms with E-state index in [9.17, 15) is 4.79 Å². The lowest BCUT2D eigenvalue weighted by Crippen LogP contribution is -2.19. The predicted octanol–water partition coefficient (Wildman–Crippen LogP) is 2.88. The Morgan fingerprint density at radius 1 is 1.56 bits per heavy atom. The van der Waals surface area contributed by atoms with Crippen LogP contribution in [0.15, 0.2) is 0 Å². The molecule has 0 radical (unpaired) electrons. The molecular weight excluding hydrogens is 240 g/mol. The van der Waals surface area contributed by atoms with E-state index >= 15 is 0 Å². The van der Waals surface area contributed by atoms with Crippen LogP contribution in [-0.2, 0) is 0 Å². The van der Waals surface area contributed by atoms with Gasteiger partial charge in [-0.25, -0.2) is 4.98 Å². The Morgan fingerprint density at radius 3 is 2.69 bits per heavy atom. The highest BCUT2D eigenvalue weighted by Gasteiger charge is 2.15. The first-order valence-corrected chi connectivity index (χ1v) is 7.47. The lowest BCUT2D eigenvalue weighted by molar-refractivity contribution is 0.112. The van der Waals surface area contributed by atoms with Gasteiger partial charge in [0.1, 0.15) is 0 Å². The van der Waals surface area contributed by atoms with Gasteiger partial charge >= 0.3 is 0 Å². The lowest BCUT2D eigenvalue weighted by Gasteiger charge is -2.14. The third kappa shape index (κ3) is 3.22. The standard InChI is InChI=1S/C11H18N2OS2/c1-8(2)10-9(7-14)16-11(12-10)13(3)5-6-15-4/h7-8H,5-6H2,1-4H3. The molecule has 0 N–H and O–H groups in total. The predicted molar refractivity (Wildman–Crippen MR) is 73.2 cm³/mol. The van der Waals surface area contributed by atoms with Gasteiger partial charge < -0.3 is 4.90 Å². The summed E-state index contributed by atoms with van der Waals surface area (Å²) >= 11 is 3.30. The summed E-state index contributed by atoms with van der Waals surface area (Å²) in [6, 6.07) is 0. The number of thiazole rings is 1. The van der Waals surface area contributed by atoms with E-state index in [0.29, 0.717) is 5.92 Å². The number of anilines is 1. The molecule has 0 amide bonds. The fourth-order valence-corrected chi connectivity index (χ4v) is 2.80. The van der Waals surface area contributed by atoms with Crippen molar-refractivity contribution in [3.63, 3.8) is 0 Å². The molecule has 0 aliphatic rings. The summed E-state index contributed by atoms with van der Waals surface area (Å²) in [5.74, 6) is 1.38. The van der Waals surface area contributed by atoms with E-state index < -0.39 is 0 Å². The number of rotatable bonds is 6. The van der Waals surface area contributed by atoms with Gasteiger partial charge in [-0.05, 0) is 12.2 Å². The van der Waals surface area contributed by atoms with Crippen LogP contribution in [0.4, 0.5) is 5.13 Å². The summed E-state index contributed by atoms with van der Waals surface area (Å²) in [5.41, 5.74) is 0.922. The average molecular weight is 258 g/mol. The maximum Gasteiger partial charge on any atom is 0.185 e. The van der Waals surface area contributed by atoms with Crippen LogP contribution < -0.4 is 4.90 Å².